The smallest absolute Gasteiger partial charge is 0.166 e. The third kappa shape index (κ3) is 2.49. The van der Waals surface area contributed by atoms with Crippen molar-refractivity contribution in [1.82, 2.24) is 19.1 Å². The van der Waals surface area contributed by atoms with E-state index < -0.39 is 0 Å². The molecule has 1 aliphatic carbocycles. The molecule has 4 nitrogen and oxygen atoms in total. The number of hydrogen-bond acceptors (Lipinski definition) is 2. The molecule has 0 unspecified atom stereocenters. The lowest BCUT2D eigenvalue weighted by atomic mass is 9.95. The van der Waals surface area contributed by atoms with Gasteiger partial charge in [-0.2, -0.15) is 0 Å². The van der Waals surface area contributed by atoms with Crippen molar-refractivity contribution in [3.8, 4) is 5.69 Å². The molecule has 3 aromatic carbocycles. The van der Waals surface area contributed by atoms with E-state index >= 15 is 0 Å². The highest BCUT2D eigenvalue weighted by Crippen LogP contribution is 2.38. The third-order valence-electron chi connectivity index (χ3n) is 7.07. The lowest BCUT2D eigenvalue weighted by Gasteiger charge is -2.24. The maximum absolute atomic E-state index is 5.37. The van der Waals surface area contributed by atoms with E-state index in [1.165, 1.54) is 43.0 Å². The number of hydrogen-bond donors (Lipinski definition) is 0. The van der Waals surface area contributed by atoms with Crippen molar-refractivity contribution >= 4 is 44.1 Å². The van der Waals surface area contributed by atoms with Crippen LogP contribution in [-0.4, -0.2) is 19.1 Å². The number of aromatic nitrogens is 4. The lowest BCUT2D eigenvalue weighted by molar-refractivity contribution is 0.366. The second-order valence-electron chi connectivity index (χ2n) is 8.94. The zero-order valence-corrected chi connectivity index (χ0v) is 17.9. The summed E-state index contributed by atoms with van der Waals surface area (Å²) in [6, 6.07) is 28.2. The zero-order chi connectivity index (χ0) is 21.1. The highest BCUT2D eigenvalue weighted by Gasteiger charge is 2.24. The van der Waals surface area contributed by atoms with Gasteiger partial charge < -0.3 is 4.57 Å². The number of rotatable bonds is 2. The van der Waals surface area contributed by atoms with Crippen LogP contribution in [0.4, 0.5) is 0 Å². The molecule has 1 saturated carbocycles. The molecular weight excluding hydrogens is 392 g/mol. The normalized spacial score (nSPS) is 15.4. The Morgan fingerprint density at radius 2 is 1.22 bits per heavy atom. The van der Waals surface area contributed by atoms with E-state index in [1.54, 1.807) is 0 Å². The van der Waals surface area contributed by atoms with Crippen molar-refractivity contribution in [2.45, 2.75) is 38.1 Å². The molecule has 0 aliphatic heterocycles. The van der Waals surface area contributed by atoms with E-state index in [0.29, 0.717) is 6.04 Å². The summed E-state index contributed by atoms with van der Waals surface area (Å²) < 4.78 is 4.75. The van der Waals surface area contributed by atoms with Crippen molar-refractivity contribution in [3.63, 3.8) is 0 Å². The molecule has 3 aromatic heterocycles. The summed E-state index contributed by atoms with van der Waals surface area (Å²) in [7, 11) is 0. The second kappa shape index (κ2) is 6.92. The minimum Gasteiger partial charge on any atom is -0.321 e. The molecule has 1 aliphatic rings. The van der Waals surface area contributed by atoms with Gasteiger partial charge in [0, 0.05) is 22.5 Å². The predicted octanol–water partition coefficient (Wildman–Crippen LogP) is 7.19. The summed E-state index contributed by atoms with van der Waals surface area (Å²) >= 11 is 0. The predicted molar refractivity (Wildman–Crippen MR) is 131 cm³/mol. The van der Waals surface area contributed by atoms with E-state index in [-0.39, 0.29) is 0 Å². The summed E-state index contributed by atoms with van der Waals surface area (Å²) in [5.74, 6) is 0. The van der Waals surface area contributed by atoms with Gasteiger partial charge in [0.1, 0.15) is 11.0 Å². The Bertz CT molecular complexity index is 1600. The number of nitrogens with zero attached hydrogens (tertiary/aromatic N) is 4. The average molecular weight is 417 g/mol. The molecule has 156 valence electrons. The first kappa shape index (κ1) is 18.0. The Labute approximate surface area is 186 Å². The van der Waals surface area contributed by atoms with Gasteiger partial charge in [0.15, 0.2) is 11.3 Å². The average Bonchev–Trinajstić information content (AvgIpc) is 3.36. The van der Waals surface area contributed by atoms with Crippen LogP contribution < -0.4 is 0 Å². The van der Waals surface area contributed by atoms with Crippen LogP contribution in [0.3, 0.4) is 0 Å². The summed E-state index contributed by atoms with van der Waals surface area (Å²) in [5, 5.41) is 2.36. The molecule has 0 radical (unpaired) electrons. The van der Waals surface area contributed by atoms with E-state index in [4.69, 9.17) is 9.97 Å². The van der Waals surface area contributed by atoms with Crippen molar-refractivity contribution in [1.29, 1.82) is 0 Å². The Balaban J connectivity index is 1.65. The van der Waals surface area contributed by atoms with Crippen molar-refractivity contribution in [2.24, 2.45) is 0 Å². The Morgan fingerprint density at radius 3 is 2.00 bits per heavy atom. The fourth-order valence-corrected chi connectivity index (χ4v) is 5.63. The van der Waals surface area contributed by atoms with Crippen LogP contribution in [0, 0.1) is 0 Å². The van der Waals surface area contributed by atoms with Gasteiger partial charge in [-0.3, -0.25) is 4.57 Å². The highest BCUT2D eigenvalue weighted by atomic mass is 15.1. The van der Waals surface area contributed by atoms with Crippen molar-refractivity contribution in [2.75, 3.05) is 0 Å². The Hall–Kier alpha value is -3.66. The maximum Gasteiger partial charge on any atom is 0.166 e. The summed E-state index contributed by atoms with van der Waals surface area (Å²) in [5.41, 5.74) is 7.48. The van der Waals surface area contributed by atoms with Crippen LogP contribution in [0.1, 0.15) is 38.1 Å². The Morgan fingerprint density at radius 1 is 0.594 bits per heavy atom. The SMILES string of the molecule is c1ccc(-n2c3ccccc3c3nc4c5ccccc5n(C5CCCCC5)c4nc32)cc1. The molecule has 32 heavy (non-hydrogen) atoms. The number of para-hydroxylation sites is 3. The minimum absolute atomic E-state index is 0.493. The standard InChI is InChI=1S/C28H24N4/c1-3-11-19(12-4-1)31-23-17-9-7-15-21(23)25-27(31)30-28-26(29-25)22-16-8-10-18-24(22)32(28)20-13-5-2-6-14-20/h1,3-4,7-12,15-18,20H,2,5-6,13-14H2. The Kier molecular flexibility index (Phi) is 3.89. The fraction of sp³-hybridized carbons (Fsp3) is 0.214. The van der Waals surface area contributed by atoms with Gasteiger partial charge in [-0.25, -0.2) is 9.97 Å². The van der Waals surface area contributed by atoms with Crippen LogP contribution in [0.15, 0.2) is 78.9 Å². The molecule has 0 atom stereocenters. The third-order valence-corrected chi connectivity index (χ3v) is 7.07. The first-order valence-electron chi connectivity index (χ1n) is 11.7. The van der Waals surface area contributed by atoms with Gasteiger partial charge in [0.2, 0.25) is 0 Å². The topological polar surface area (TPSA) is 35.6 Å². The molecule has 1 fully saturated rings. The van der Waals surface area contributed by atoms with E-state index in [0.717, 1.165) is 38.9 Å². The molecule has 6 aromatic rings. The van der Waals surface area contributed by atoms with Crippen LogP contribution in [0.2, 0.25) is 0 Å². The highest BCUT2D eigenvalue weighted by molar-refractivity contribution is 6.12. The van der Waals surface area contributed by atoms with Gasteiger partial charge >= 0.3 is 0 Å². The quantitative estimate of drug-likeness (QED) is 0.299. The first-order valence-corrected chi connectivity index (χ1v) is 11.7. The van der Waals surface area contributed by atoms with Gasteiger partial charge in [0.25, 0.3) is 0 Å². The maximum atomic E-state index is 5.37. The molecule has 0 saturated heterocycles. The van der Waals surface area contributed by atoms with E-state index in [1.807, 2.05) is 0 Å². The largest absolute Gasteiger partial charge is 0.321 e. The molecule has 7 rings (SSSR count). The van der Waals surface area contributed by atoms with Gasteiger partial charge in [-0.05, 0) is 37.1 Å². The minimum atomic E-state index is 0.493. The van der Waals surface area contributed by atoms with Gasteiger partial charge in [-0.1, -0.05) is 73.9 Å². The monoisotopic (exact) mass is 416 g/mol. The van der Waals surface area contributed by atoms with Gasteiger partial charge in [-0.15, -0.1) is 0 Å². The number of fused-ring (bicyclic) bond motifs is 6. The van der Waals surface area contributed by atoms with Crippen LogP contribution in [0.25, 0.3) is 49.8 Å². The van der Waals surface area contributed by atoms with Crippen molar-refractivity contribution < 1.29 is 0 Å². The van der Waals surface area contributed by atoms with Crippen molar-refractivity contribution in [3.05, 3.63) is 78.9 Å². The summed E-state index contributed by atoms with van der Waals surface area (Å²) in [4.78, 5) is 10.7. The van der Waals surface area contributed by atoms with Gasteiger partial charge in [0.05, 0.1) is 11.0 Å². The molecule has 4 heteroatoms. The molecule has 0 spiro atoms. The first-order chi connectivity index (χ1) is 15.9. The molecule has 0 N–H and O–H groups in total. The molecule has 0 amide bonds. The molecule has 0 bridgehead atoms. The molecular formula is C28H24N4. The van der Waals surface area contributed by atoms with E-state index in [9.17, 15) is 0 Å². The summed E-state index contributed by atoms with van der Waals surface area (Å²) in [6.45, 7) is 0. The summed E-state index contributed by atoms with van der Waals surface area (Å²) in [6.07, 6.45) is 6.35. The van der Waals surface area contributed by atoms with E-state index in [2.05, 4.69) is 88.0 Å². The van der Waals surface area contributed by atoms with Crippen LogP contribution in [-0.2, 0) is 0 Å². The van der Waals surface area contributed by atoms with Crippen LogP contribution in [0.5, 0.6) is 0 Å². The number of benzene rings is 3. The van der Waals surface area contributed by atoms with Crippen LogP contribution >= 0.6 is 0 Å². The zero-order valence-electron chi connectivity index (χ0n) is 17.9. The fourth-order valence-electron chi connectivity index (χ4n) is 5.63. The lowest BCUT2D eigenvalue weighted by Crippen LogP contribution is -2.13. The second-order valence-corrected chi connectivity index (χ2v) is 8.94. The molecule has 3 heterocycles.